The molecule has 1 nitrogen and oxygen atoms in total. The lowest BCUT2D eigenvalue weighted by molar-refractivity contribution is 0.212. The molecule has 3 rings (SSSR count). The van der Waals surface area contributed by atoms with Gasteiger partial charge in [0.05, 0.1) is 0 Å². The zero-order valence-electron chi connectivity index (χ0n) is 14.1. The van der Waals surface area contributed by atoms with Gasteiger partial charge < -0.3 is 0 Å². The molecule has 0 aliphatic heterocycles. The molecule has 0 amide bonds. The Kier molecular flexibility index (Phi) is 6.84. The molecule has 0 heterocycles. The molecular weight excluding hydrogens is 314 g/mol. The number of hydrogen-bond acceptors (Lipinski definition) is 1. The first kappa shape index (κ1) is 18.5. The minimum absolute atomic E-state index is 0. The molecule has 2 heteroatoms. The van der Waals surface area contributed by atoms with Crippen LogP contribution in [0.5, 0.6) is 0 Å². The van der Waals surface area contributed by atoms with Gasteiger partial charge in [-0.15, -0.1) is 25.6 Å². The van der Waals surface area contributed by atoms with Crippen molar-refractivity contribution >= 4 is 12.4 Å². The third kappa shape index (κ3) is 3.98. The van der Waals surface area contributed by atoms with Crippen LogP contribution >= 0.6 is 12.4 Å². The van der Waals surface area contributed by atoms with Crippen molar-refractivity contribution in [1.29, 1.82) is 0 Å². The van der Waals surface area contributed by atoms with E-state index < -0.39 is 0 Å². The Hall–Kier alpha value is -1.83. The van der Waals surface area contributed by atoms with Crippen molar-refractivity contribution in [2.75, 3.05) is 13.1 Å². The second kappa shape index (κ2) is 8.86. The maximum atomic E-state index is 3.92. The van der Waals surface area contributed by atoms with E-state index in [4.69, 9.17) is 0 Å². The van der Waals surface area contributed by atoms with Gasteiger partial charge in [-0.05, 0) is 29.5 Å². The molecule has 0 bridgehead atoms. The first-order chi connectivity index (χ1) is 11.3. The molecule has 0 radical (unpaired) electrons. The molecule has 0 saturated heterocycles. The monoisotopic (exact) mass is 339 g/mol. The van der Waals surface area contributed by atoms with E-state index in [1.165, 1.54) is 16.7 Å². The Morgan fingerprint density at radius 3 is 2.21 bits per heavy atom. The molecule has 24 heavy (non-hydrogen) atoms. The van der Waals surface area contributed by atoms with Crippen LogP contribution in [0.3, 0.4) is 0 Å². The third-order valence-corrected chi connectivity index (χ3v) is 4.84. The molecule has 2 aromatic rings. The van der Waals surface area contributed by atoms with Gasteiger partial charge in [-0.1, -0.05) is 66.7 Å². The van der Waals surface area contributed by atoms with Crippen molar-refractivity contribution in [3.05, 3.63) is 96.6 Å². The fourth-order valence-electron chi connectivity index (χ4n) is 3.78. The fourth-order valence-corrected chi connectivity index (χ4v) is 3.78. The summed E-state index contributed by atoms with van der Waals surface area (Å²) in [6.45, 7) is 9.68. The number of hydrogen-bond donors (Lipinski definition) is 0. The first-order valence-electron chi connectivity index (χ1n) is 8.42. The molecule has 126 valence electrons. The van der Waals surface area contributed by atoms with Crippen LogP contribution in [0.2, 0.25) is 0 Å². The summed E-state index contributed by atoms with van der Waals surface area (Å²) in [4.78, 5) is 2.49. The summed E-state index contributed by atoms with van der Waals surface area (Å²) in [6.07, 6.45) is 6.27. The van der Waals surface area contributed by atoms with E-state index in [0.29, 0.717) is 12.0 Å². The lowest BCUT2D eigenvalue weighted by Gasteiger charge is -2.38. The molecule has 0 spiro atoms. The van der Waals surface area contributed by atoms with Gasteiger partial charge in [0.2, 0.25) is 0 Å². The van der Waals surface area contributed by atoms with Crippen LogP contribution in [0.4, 0.5) is 0 Å². The maximum absolute atomic E-state index is 3.92. The van der Waals surface area contributed by atoms with E-state index in [-0.39, 0.29) is 12.4 Å². The van der Waals surface area contributed by atoms with E-state index in [1.807, 2.05) is 12.2 Å². The summed E-state index contributed by atoms with van der Waals surface area (Å²) in [7, 11) is 0. The lowest BCUT2D eigenvalue weighted by Crippen LogP contribution is -2.40. The van der Waals surface area contributed by atoms with Crippen molar-refractivity contribution in [2.24, 2.45) is 0 Å². The number of nitrogens with zero attached hydrogens (tertiary/aromatic N) is 1. The Morgan fingerprint density at radius 2 is 1.54 bits per heavy atom. The molecule has 1 aliphatic rings. The van der Waals surface area contributed by atoms with Gasteiger partial charge in [0.1, 0.15) is 0 Å². The standard InChI is InChI=1S/C22H25N.ClH/c1-3-14-23(15-4-2)20-16-19-12-8-9-13-21(19)22(17-20)18-10-6-5-7-11-18;/h3-13,20,22H,1-2,14-17H2;1H. The molecule has 2 unspecified atom stereocenters. The predicted molar refractivity (Wildman–Crippen MR) is 106 cm³/mol. The van der Waals surface area contributed by atoms with Gasteiger partial charge >= 0.3 is 0 Å². The molecule has 1 aliphatic carbocycles. The predicted octanol–water partition coefficient (Wildman–Crippen LogP) is 5.23. The van der Waals surface area contributed by atoms with Gasteiger partial charge in [-0.3, -0.25) is 4.90 Å². The Labute approximate surface area is 152 Å². The molecule has 0 fully saturated rings. The summed E-state index contributed by atoms with van der Waals surface area (Å²) >= 11 is 0. The van der Waals surface area contributed by atoms with Crippen molar-refractivity contribution in [3.8, 4) is 0 Å². The highest BCUT2D eigenvalue weighted by molar-refractivity contribution is 5.85. The van der Waals surface area contributed by atoms with Crippen LogP contribution in [-0.4, -0.2) is 24.0 Å². The number of halogens is 1. The molecule has 2 atom stereocenters. The normalized spacial score (nSPS) is 19.2. The van der Waals surface area contributed by atoms with Gasteiger partial charge in [0.25, 0.3) is 0 Å². The van der Waals surface area contributed by atoms with Gasteiger partial charge in [0, 0.05) is 25.0 Å². The van der Waals surface area contributed by atoms with Crippen LogP contribution in [-0.2, 0) is 6.42 Å². The number of benzene rings is 2. The average molecular weight is 340 g/mol. The number of rotatable bonds is 6. The van der Waals surface area contributed by atoms with E-state index in [9.17, 15) is 0 Å². The molecule has 0 N–H and O–H groups in total. The third-order valence-electron chi connectivity index (χ3n) is 4.84. The van der Waals surface area contributed by atoms with Crippen LogP contribution in [0.15, 0.2) is 79.9 Å². The van der Waals surface area contributed by atoms with E-state index >= 15 is 0 Å². The van der Waals surface area contributed by atoms with E-state index in [1.54, 1.807) is 0 Å². The van der Waals surface area contributed by atoms with Gasteiger partial charge in [-0.25, -0.2) is 0 Å². The minimum Gasteiger partial charge on any atom is -0.293 e. The van der Waals surface area contributed by atoms with Crippen LogP contribution < -0.4 is 0 Å². The van der Waals surface area contributed by atoms with Crippen molar-refractivity contribution in [3.63, 3.8) is 0 Å². The second-order valence-corrected chi connectivity index (χ2v) is 6.29. The van der Waals surface area contributed by atoms with Crippen LogP contribution in [0.1, 0.15) is 29.0 Å². The van der Waals surface area contributed by atoms with Crippen molar-refractivity contribution < 1.29 is 0 Å². The molecule has 2 aromatic carbocycles. The topological polar surface area (TPSA) is 3.24 Å². The molecule has 0 saturated carbocycles. The quantitative estimate of drug-likeness (QED) is 0.651. The van der Waals surface area contributed by atoms with Crippen LogP contribution in [0, 0.1) is 0 Å². The van der Waals surface area contributed by atoms with Crippen molar-refractivity contribution in [1.82, 2.24) is 4.90 Å². The largest absolute Gasteiger partial charge is 0.293 e. The second-order valence-electron chi connectivity index (χ2n) is 6.29. The summed E-state index contributed by atoms with van der Waals surface area (Å²) in [5, 5.41) is 0. The first-order valence-corrected chi connectivity index (χ1v) is 8.42. The van der Waals surface area contributed by atoms with E-state index in [0.717, 1.165) is 25.9 Å². The number of fused-ring (bicyclic) bond motifs is 1. The van der Waals surface area contributed by atoms with Crippen molar-refractivity contribution in [2.45, 2.75) is 24.8 Å². The smallest absolute Gasteiger partial charge is 0.0166 e. The summed E-state index contributed by atoms with van der Waals surface area (Å²) < 4.78 is 0. The highest BCUT2D eigenvalue weighted by atomic mass is 35.5. The zero-order valence-corrected chi connectivity index (χ0v) is 14.9. The van der Waals surface area contributed by atoms with Gasteiger partial charge in [0.15, 0.2) is 0 Å². The van der Waals surface area contributed by atoms with E-state index in [2.05, 4.69) is 72.7 Å². The summed E-state index contributed by atoms with van der Waals surface area (Å²) in [6, 6.07) is 20.4. The Morgan fingerprint density at radius 1 is 0.917 bits per heavy atom. The Bertz CT molecular complexity index is 655. The summed E-state index contributed by atoms with van der Waals surface area (Å²) in [5.74, 6) is 0.475. The summed E-state index contributed by atoms with van der Waals surface area (Å²) in [5.41, 5.74) is 4.39. The minimum atomic E-state index is 0. The highest BCUT2D eigenvalue weighted by Crippen LogP contribution is 2.38. The SMILES string of the molecule is C=CCN(CC=C)C1Cc2ccccc2C(c2ccccc2)C1.Cl. The molecular formula is C22H26ClN. The highest BCUT2D eigenvalue weighted by Gasteiger charge is 2.30. The zero-order chi connectivity index (χ0) is 16.1. The molecule has 0 aromatic heterocycles. The average Bonchev–Trinajstić information content (AvgIpc) is 2.61. The fraction of sp³-hybridized carbons (Fsp3) is 0.273. The maximum Gasteiger partial charge on any atom is 0.0166 e. The van der Waals surface area contributed by atoms with Crippen LogP contribution in [0.25, 0.3) is 0 Å². The lowest BCUT2D eigenvalue weighted by atomic mass is 9.76. The van der Waals surface area contributed by atoms with Gasteiger partial charge in [-0.2, -0.15) is 0 Å². The Balaban J connectivity index is 0.00000208.